The lowest BCUT2D eigenvalue weighted by molar-refractivity contribution is -0.121. The first-order valence-corrected chi connectivity index (χ1v) is 11.6. The molecule has 1 atom stereocenters. The number of carbonyl (C=O) groups excluding carboxylic acids is 3. The van der Waals surface area contributed by atoms with Gasteiger partial charge >= 0.3 is 5.97 Å². The number of aromatic carboxylic acids is 1. The van der Waals surface area contributed by atoms with Crippen LogP contribution in [0.4, 0.5) is 11.4 Å². The van der Waals surface area contributed by atoms with Crippen LogP contribution in [0.3, 0.4) is 0 Å². The minimum Gasteiger partial charge on any atom is -0.478 e. The van der Waals surface area contributed by atoms with Gasteiger partial charge in [-0.3, -0.25) is 14.4 Å². The zero-order chi connectivity index (χ0) is 24.5. The third-order valence-electron chi connectivity index (χ3n) is 5.69. The van der Waals surface area contributed by atoms with Gasteiger partial charge in [0.25, 0.3) is 5.91 Å². The predicted octanol–water partition coefficient (Wildman–Crippen LogP) is 4.54. The van der Waals surface area contributed by atoms with Crippen LogP contribution in [0.5, 0.6) is 0 Å². The van der Waals surface area contributed by atoms with Crippen molar-refractivity contribution in [2.45, 2.75) is 16.6 Å². The fraction of sp³-hybridized carbons (Fsp3) is 0.0769. The van der Waals surface area contributed by atoms with Crippen molar-refractivity contribution in [3.8, 4) is 0 Å². The number of carbonyl (C=O) groups is 4. The van der Waals surface area contributed by atoms with E-state index in [0.717, 1.165) is 15.8 Å². The number of hydrogen-bond acceptors (Lipinski definition) is 5. The summed E-state index contributed by atoms with van der Waals surface area (Å²) in [4.78, 5) is 54.6. The number of amides is 3. The van der Waals surface area contributed by atoms with E-state index in [-0.39, 0.29) is 29.4 Å². The van der Waals surface area contributed by atoms with Gasteiger partial charge in [-0.05, 0) is 60.0 Å². The zero-order valence-corrected chi connectivity index (χ0v) is 19.0. The second-order valence-electron chi connectivity index (χ2n) is 7.96. The standard InChI is InChI=1S/C26H19N3O5S/c30-23-14-22(25(32)29(23)17-8-5-15-11-12-27-21(15)13-17)35-18-9-6-16(7-10-18)28-24(31)19-3-1-2-4-20(19)26(33)34/h1-13,22,27H,14H2,(H,28,31)(H,33,34). The molecule has 2 heterocycles. The maximum absolute atomic E-state index is 13.0. The molecule has 1 unspecified atom stereocenters. The summed E-state index contributed by atoms with van der Waals surface area (Å²) in [6.07, 6.45) is 1.90. The van der Waals surface area contributed by atoms with E-state index in [4.69, 9.17) is 0 Å². The van der Waals surface area contributed by atoms with E-state index in [1.54, 1.807) is 54.7 Å². The lowest BCUT2D eigenvalue weighted by Gasteiger charge is -2.15. The summed E-state index contributed by atoms with van der Waals surface area (Å²) in [5, 5.41) is 12.4. The third-order valence-corrected chi connectivity index (χ3v) is 6.89. The van der Waals surface area contributed by atoms with Crippen LogP contribution in [-0.4, -0.2) is 39.0 Å². The van der Waals surface area contributed by atoms with E-state index in [0.29, 0.717) is 11.4 Å². The molecular weight excluding hydrogens is 466 g/mol. The summed E-state index contributed by atoms with van der Waals surface area (Å²) in [6.45, 7) is 0. The molecule has 0 bridgehead atoms. The minimum absolute atomic E-state index is 0.0612. The molecule has 4 aromatic rings. The Balaban J connectivity index is 1.26. The van der Waals surface area contributed by atoms with Crippen molar-refractivity contribution in [2.75, 3.05) is 10.2 Å². The van der Waals surface area contributed by atoms with Gasteiger partial charge in [-0.2, -0.15) is 0 Å². The second kappa shape index (κ2) is 9.11. The molecule has 0 aliphatic carbocycles. The van der Waals surface area contributed by atoms with Gasteiger partial charge < -0.3 is 15.4 Å². The number of benzene rings is 3. The van der Waals surface area contributed by atoms with E-state index in [2.05, 4.69) is 10.3 Å². The molecule has 1 aliphatic heterocycles. The highest BCUT2D eigenvalue weighted by Gasteiger charge is 2.40. The normalized spacial score (nSPS) is 15.5. The summed E-state index contributed by atoms with van der Waals surface area (Å²) in [6, 6.07) is 20.1. The molecular formula is C26H19N3O5S. The maximum atomic E-state index is 13.0. The molecule has 3 amide bonds. The SMILES string of the molecule is O=C(O)c1ccccc1C(=O)Nc1ccc(SC2CC(=O)N(c3ccc4cc[nH]c4c3)C2=O)cc1. The smallest absolute Gasteiger partial charge is 0.336 e. The van der Waals surface area contributed by atoms with E-state index in [1.807, 2.05) is 12.1 Å². The molecule has 1 aromatic heterocycles. The number of H-pyrrole nitrogens is 1. The average molecular weight is 486 g/mol. The van der Waals surface area contributed by atoms with E-state index in [9.17, 15) is 24.3 Å². The molecule has 3 aromatic carbocycles. The van der Waals surface area contributed by atoms with Crippen LogP contribution < -0.4 is 10.2 Å². The monoisotopic (exact) mass is 485 g/mol. The van der Waals surface area contributed by atoms with Gasteiger partial charge in [0.05, 0.1) is 22.1 Å². The zero-order valence-electron chi connectivity index (χ0n) is 18.2. The average Bonchev–Trinajstić information content (AvgIpc) is 3.43. The summed E-state index contributed by atoms with van der Waals surface area (Å²) in [5.41, 5.74) is 1.85. The first-order chi connectivity index (χ1) is 16.9. The van der Waals surface area contributed by atoms with Gasteiger partial charge in [-0.15, -0.1) is 11.8 Å². The number of fused-ring (bicyclic) bond motifs is 1. The van der Waals surface area contributed by atoms with E-state index >= 15 is 0 Å². The Morgan fingerprint density at radius 1 is 0.971 bits per heavy atom. The van der Waals surface area contributed by atoms with Gasteiger partial charge in [-0.25, -0.2) is 9.69 Å². The fourth-order valence-electron chi connectivity index (χ4n) is 3.99. The largest absolute Gasteiger partial charge is 0.478 e. The Morgan fingerprint density at radius 3 is 2.46 bits per heavy atom. The van der Waals surface area contributed by atoms with Crippen molar-refractivity contribution >= 4 is 57.7 Å². The molecule has 35 heavy (non-hydrogen) atoms. The Bertz CT molecular complexity index is 1480. The second-order valence-corrected chi connectivity index (χ2v) is 9.23. The summed E-state index contributed by atoms with van der Waals surface area (Å²) < 4.78 is 0. The number of carboxylic acid groups (broad SMARTS) is 1. The van der Waals surface area contributed by atoms with E-state index < -0.39 is 17.1 Å². The van der Waals surface area contributed by atoms with Crippen LogP contribution in [0.15, 0.2) is 83.9 Å². The molecule has 1 saturated heterocycles. The van der Waals surface area contributed by atoms with Crippen LogP contribution in [0.1, 0.15) is 27.1 Å². The molecule has 8 nitrogen and oxygen atoms in total. The quantitative estimate of drug-likeness (QED) is 0.345. The van der Waals surface area contributed by atoms with Gasteiger partial charge in [0.15, 0.2) is 0 Å². The lowest BCUT2D eigenvalue weighted by Crippen LogP contribution is -2.31. The third kappa shape index (κ3) is 4.41. The number of rotatable bonds is 6. The number of thioether (sulfide) groups is 1. The molecule has 0 spiro atoms. The number of hydrogen-bond donors (Lipinski definition) is 3. The van der Waals surface area contributed by atoms with Crippen molar-refractivity contribution in [1.82, 2.24) is 4.98 Å². The van der Waals surface area contributed by atoms with Crippen LogP contribution in [-0.2, 0) is 9.59 Å². The Kier molecular flexibility index (Phi) is 5.84. The molecule has 0 radical (unpaired) electrons. The Morgan fingerprint density at radius 2 is 1.71 bits per heavy atom. The van der Waals surface area contributed by atoms with Gasteiger partial charge in [0, 0.05) is 28.7 Å². The number of carboxylic acids is 1. The van der Waals surface area contributed by atoms with Crippen LogP contribution >= 0.6 is 11.8 Å². The van der Waals surface area contributed by atoms with Crippen molar-refractivity contribution in [2.24, 2.45) is 0 Å². The highest BCUT2D eigenvalue weighted by atomic mass is 32.2. The van der Waals surface area contributed by atoms with Crippen molar-refractivity contribution in [3.63, 3.8) is 0 Å². The number of aromatic nitrogens is 1. The molecule has 174 valence electrons. The Labute approximate surface area is 203 Å². The molecule has 0 saturated carbocycles. The molecule has 9 heteroatoms. The predicted molar refractivity (Wildman–Crippen MR) is 133 cm³/mol. The first kappa shape index (κ1) is 22.4. The lowest BCUT2D eigenvalue weighted by atomic mass is 10.1. The highest BCUT2D eigenvalue weighted by Crippen LogP contribution is 2.35. The molecule has 1 aliphatic rings. The van der Waals surface area contributed by atoms with Crippen molar-refractivity contribution in [3.05, 3.63) is 90.1 Å². The number of nitrogens with one attached hydrogen (secondary N) is 2. The summed E-state index contributed by atoms with van der Waals surface area (Å²) in [5.74, 6) is -2.23. The molecule has 3 N–H and O–H groups in total. The topological polar surface area (TPSA) is 120 Å². The van der Waals surface area contributed by atoms with Crippen molar-refractivity contribution in [1.29, 1.82) is 0 Å². The van der Waals surface area contributed by atoms with Crippen LogP contribution in [0.25, 0.3) is 10.9 Å². The summed E-state index contributed by atoms with van der Waals surface area (Å²) >= 11 is 1.29. The maximum Gasteiger partial charge on any atom is 0.336 e. The Hall–Kier alpha value is -4.37. The minimum atomic E-state index is -1.18. The number of nitrogens with zero attached hydrogens (tertiary/aromatic N) is 1. The van der Waals surface area contributed by atoms with Gasteiger partial charge in [0.2, 0.25) is 11.8 Å². The van der Waals surface area contributed by atoms with Crippen LogP contribution in [0, 0.1) is 0 Å². The van der Waals surface area contributed by atoms with Gasteiger partial charge in [-0.1, -0.05) is 18.2 Å². The fourth-order valence-corrected chi connectivity index (χ4v) is 5.04. The highest BCUT2D eigenvalue weighted by molar-refractivity contribution is 8.00. The van der Waals surface area contributed by atoms with Crippen molar-refractivity contribution < 1.29 is 24.3 Å². The van der Waals surface area contributed by atoms with Gasteiger partial charge in [0.1, 0.15) is 0 Å². The van der Waals surface area contributed by atoms with E-state index in [1.165, 1.54) is 28.8 Å². The number of imide groups is 1. The molecule has 5 rings (SSSR count). The number of aromatic amines is 1. The van der Waals surface area contributed by atoms with Crippen LogP contribution in [0.2, 0.25) is 0 Å². The number of anilines is 2. The summed E-state index contributed by atoms with van der Waals surface area (Å²) in [7, 11) is 0. The molecule has 1 fully saturated rings. The first-order valence-electron chi connectivity index (χ1n) is 10.7.